The largest absolute Gasteiger partial charge is 0.756 e. The number of amides is 1. The number of carbonyl (C=O) groups excluding carboxylic acids is 1. The second-order valence-corrected chi connectivity index (χ2v) is 12.5. The van der Waals surface area contributed by atoms with Crippen LogP contribution in [-0.2, 0) is 18.3 Å². The predicted molar refractivity (Wildman–Crippen MR) is 151 cm³/mol. The summed E-state index contributed by atoms with van der Waals surface area (Å²) in [6.45, 7) is 5.47. The van der Waals surface area contributed by atoms with E-state index in [2.05, 4.69) is 6.92 Å². The third-order valence-corrected chi connectivity index (χ3v) is 7.43. The van der Waals surface area contributed by atoms with Crippen molar-refractivity contribution in [3.05, 3.63) is 0 Å². The number of nitrogens with zero attached hydrogens (tertiary/aromatic N) is 2. The van der Waals surface area contributed by atoms with Crippen LogP contribution in [0.3, 0.4) is 0 Å². The third-order valence-electron chi connectivity index (χ3n) is 6.43. The van der Waals surface area contributed by atoms with Gasteiger partial charge in [-0.3, -0.25) is 4.57 Å². The maximum atomic E-state index is 12.2. The van der Waals surface area contributed by atoms with Gasteiger partial charge >= 0.3 is 6.09 Å². The molecule has 0 aliphatic rings. The van der Waals surface area contributed by atoms with E-state index in [1.807, 2.05) is 21.1 Å². The fraction of sp³-hybridized carbons (Fsp3) is 0.964. The standard InChI is InChI=1S/C28H59N2O6P/c1-6-8-9-10-11-12-13-14-15-16-17-18-19-20-21-22-23-29(28(31)34-7-2)24-26-35-37(32,33)36-27-25-30(3,4)5/h6-27H2,1-5H3. The molecule has 0 aromatic heterocycles. The summed E-state index contributed by atoms with van der Waals surface area (Å²) in [6.07, 6.45) is 20.3. The molecule has 1 atom stereocenters. The summed E-state index contributed by atoms with van der Waals surface area (Å²) >= 11 is 0. The van der Waals surface area contributed by atoms with Gasteiger partial charge in [-0.1, -0.05) is 103 Å². The number of quaternary nitrogens is 1. The van der Waals surface area contributed by atoms with Gasteiger partial charge in [0.25, 0.3) is 7.82 Å². The Hall–Kier alpha value is -0.660. The van der Waals surface area contributed by atoms with Gasteiger partial charge in [0.1, 0.15) is 13.2 Å². The molecule has 0 aromatic rings. The van der Waals surface area contributed by atoms with Gasteiger partial charge in [-0.25, -0.2) is 4.79 Å². The second kappa shape index (κ2) is 23.2. The summed E-state index contributed by atoms with van der Waals surface area (Å²) in [5.41, 5.74) is 0. The predicted octanol–water partition coefficient (Wildman–Crippen LogP) is 6.91. The smallest absolute Gasteiger partial charge is 0.409 e. The number of carbonyl (C=O) groups is 1. The van der Waals surface area contributed by atoms with E-state index < -0.39 is 13.9 Å². The Morgan fingerprint density at radius 1 is 0.703 bits per heavy atom. The molecule has 1 amide bonds. The molecule has 0 aliphatic carbocycles. The molecule has 0 rings (SSSR count). The van der Waals surface area contributed by atoms with Crippen molar-refractivity contribution in [2.75, 3.05) is 60.6 Å². The van der Waals surface area contributed by atoms with Crippen LogP contribution in [0.4, 0.5) is 4.79 Å². The van der Waals surface area contributed by atoms with Crippen molar-refractivity contribution in [1.29, 1.82) is 0 Å². The highest BCUT2D eigenvalue weighted by Crippen LogP contribution is 2.37. The first-order valence-electron chi connectivity index (χ1n) is 14.9. The molecular weight excluding hydrogens is 491 g/mol. The van der Waals surface area contributed by atoms with Crippen LogP contribution >= 0.6 is 7.82 Å². The number of hydrogen-bond donors (Lipinski definition) is 0. The Morgan fingerprint density at radius 3 is 1.57 bits per heavy atom. The lowest BCUT2D eigenvalue weighted by Gasteiger charge is -2.28. The highest BCUT2D eigenvalue weighted by Gasteiger charge is 2.17. The molecule has 0 heterocycles. The molecule has 0 aliphatic heterocycles. The molecule has 0 saturated carbocycles. The van der Waals surface area contributed by atoms with E-state index in [0.29, 0.717) is 17.6 Å². The van der Waals surface area contributed by atoms with Crippen LogP contribution < -0.4 is 4.89 Å². The van der Waals surface area contributed by atoms with Gasteiger partial charge in [0.2, 0.25) is 0 Å². The van der Waals surface area contributed by atoms with Gasteiger partial charge in [-0.15, -0.1) is 0 Å². The minimum atomic E-state index is -4.38. The number of hydrogen-bond acceptors (Lipinski definition) is 6. The molecule has 0 spiro atoms. The summed E-state index contributed by atoms with van der Waals surface area (Å²) in [5.74, 6) is 0. The van der Waals surface area contributed by atoms with E-state index in [1.165, 1.54) is 88.4 Å². The highest BCUT2D eigenvalue weighted by atomic mass is 31.2. The zero-order valence-electron chi connectivity index (χ0n) is 24.8. The van der Waals surface area contributed by atoms with E-state index in [0.717, 1.165) is 19.3 Å². The molecule has 8 nitrogen and oxygen atoms in total. The fourth-order valence-electron chi connectivity index (χ4n) is 4.09. The molecule has 0 bridgehead atoms. The Morgan fingerprint density at radius 2 is 1.14 bits per heavy atom. The number of phosphoric acid groups is 1. The lowest BCUT2D eigenvalue weighted by molar-refractivity contribution is -0.870. The van der Waals surface area contributed by atoms with Crippen molar-refractivity contribution in [3.8, 4) is 0 Å². The summed E-state index contributed by atoms with van der Waals surface area (Å²) in [6, 6.07) is 0. The van der Waals surface area contributed by atoms with Gasteiger partial charge in [0.05, 0.1) is 34.4 Å². The SMILES string of the molecule is CCCCCCCCCCCCCCCCCCN(CCOP(=O)([O-])OCC[N+](C)(C)C)C(=O)OCC. The van der Waals surface area contributed by atoms with E-state index >= 15 is 0 Å². The fourth-order valence-corrected chi connectivity index (χ4v) is 4.77. The van der Waals surface area contributed by atoms with Crippen LogP contribution in [0, 0.1) is 0 Å². The summed E-state index contributed by atoms with van der Waals surface area (Å²) in [5, 5.41) is 0. The van der Waals surface area contributed by atoms with E-state index in [9.17, 15) is 14.3 Å². The molecule has 9 heteroatoms. The van der Waals surface area contributed by atoms with Gasteiger partial charge < -0.3 is 28.1 Å². The molecule has 222 valence electrons. The van der Waals surface area contributed by atoms with Crippen LogP contribution in [0.15, 0.2) is 0 Å². The van der Waals surface area contributed by atoms with Crippen LogP contribution in [0.2, 0.25) is 0 Å². The lowest BCUT2D eigenvalue weighted by atomic mass is 10.0. The van der Waals surface area contributed by atoms with Crippen molar-refractivity contribution in [3.63, 3.8) is 0 Å². The number of phosphoric ester groups is 1. The van der Waals surface area contributed by atoms with Gasteiger partial charge in [0.15, 0.2) is 0 Å². The number of likely N-dealkylation sites (N-methyl/N-ethyl adjacent to an activating group) is 1. The quantitative estimate of drug-likeness (QED) is 0.0660. The van der Waals surface area contributed by atoms with Gasteiger partial charge in [0, 0.05) is 13.1 Å². The zero-order valence-corrected chi connectivity index (χ0v) is 25.7. The van der Waals surface area contributed by atoms with Crippen molar-refractivity contribution < 1.29 is 32.5 Å². The van der Waals surface area contributed by atoms with Crippen molar-refractivity contribution >= 4 is 13.9 Å². The van der Waals surface area contributed by atoms with Gasteiger partial charge in [-0.05, 0) is 13.3 Å². The normalized spacial score (nSPS) is 13.5. The topological polar surface area (TPSA) is 88.1 Å². The van der Waals surface area contributed by atoms with Crippen molar-refractivity contribution in [1.82, 2.24) is 4.90 Å². The van der Waals surface area contributed by atoms with E-state index in [-0.39, 0.29) is 26.4 Å². The minimum absolute atomic E-state index is 0.0606. The van der Waals surface area contributed by atoms with Crippen molar-refractivity contribution in [2.45, 2.75) is 117 Å². The minimum Gasteiger partial charge on any atom is -0.756 e. The number of unbranched alkanes of at least 4 members (excludes halogenated alkanes) is 15. The Balaban J connectivity index is 3.88. The Bertz CT molecular complexity index is 586. The zero-order chi connectivity index (χ0) is 27.8. The summed E-state index contributed by atoms with van der Waals surface area (Å²) in [7, 11) is 1.48. The Labute approximate surface area is 228 Å². The second-order valence-electron chi connectivity index (χ2n) is 11.1. The Kier molecular flexibility index (Phi) is 22.8. The first-order chi connectivity index (χ1) is 17.6. The monoisotopic (exact) mass is 550 g/mol. The lowest BCUT2D eigenvalue weighted by Crippen LogP contribution is -2.38. The average Bonchev–Trinajstić information content (AvgIpc) is 2.81. The molecule has 0 radical (unpaired) electrons. The molecule has 1 unspecified atom stereocenters. The summed E-state index contributed by atoms with van der Waals surface area (Å²) in [4.78, 5) is 25.7. The maximum Gasteiger partial charge on any atom is 0.409 e. The first kappa shape index (κ1) is 36.3. The molecule has 0 aromatic carbocycles. The van der Waals surface area contributed by atoms with E-state index in [1.54, 1.807) is 6.92 Å². The molecule has 0 fully saturated rings. The molecular formula is C28H59N2O6P. The molecule has 0 saturated heterocycles. The van der Waals surface area contributed by atoms with Crippen LogP contribution in [-0.4, -0.2) is 76.1 Å². The first-order valence-corrected chi connectivity index (χ1v) is 16.4. The van der Waals surface area contributed by atoms with Crippen LogP contribution in [0.5, 0.6) is 0 Å². The summed E-state index contributed by atoms with van der Waals surface area (Å²) < 4.78 is 27.5. The number of ether oxygens (including phenoxy) is 1. The maximum absolute atomic E-state index is 12.2. The highest BCUT2D eigenvalue weighted by molar-refractivity contribution is 7.45. The van der Waals surface area contributed by atoms with Crippen LogP contribution in [0.1, 0.15) is 117 Å². The van der Waals surface area contributed by atoms with E-state index in [4.69, 9.17) is 13.8 Å². The third kappa shape index (κ3) is 25.4. The van der Waals surface area contributed by atoms with Crippen LogP contribution in [0.25, 0.3) is 0 Å². The van der Waals surface area contributed by atoms with Gasteiger partial charge in [-0.2, -0.15) is 0 Å². The molecule has 37 heavy (non-hydrogen) atoms. The molecule has 0 N–H and O–H groups in total. The number of rotatable bonds is 26. The average molecular weight is 551 g/mol. The van der Waals surface area contributed by atoms with Crippen molar-refractivity contribution in [2.24, 2.45) is 0 Å².